The standard InChI is InChI=1S/C20H15N3O9/c1-31-16-8-11(5-6-15(16)32-10-17(24)25)7-14-18(26)21-20(28)22(19(14)27)12-3-2-4-13(9-12)23(29)30/h2-9H,10H2,1H3,(H,24,25)(H,21,26,28). The summed E-state index contributed by atoms with van der Waals surface area (Å²) in [5, 5.41) is 21.8. The van der Waals surface area contributed by atoms with E-state index < -0.39 is 40.9 Å². The van der Waals surface area contributed by atoms with Gasteiger partial charge >= 0.3 is 12.0 Å². The molecule has 0 spiro atoms. The molecule has 0 aliphatic carbocycles. The molecule has 32 heavy (non-hydrogen) atoms. The summed E-state index contributed by atoms with van der Waals surface area (Å²) in [7, 11) is 1.32. The maximum Gasteiger partial charge on any atom is 0.341 e. The van der Waals surface area contributed by atoms with Gasteiger partial charge in [-0.2, -0.15) is 0 Å². The Bertz CT molecular complexity index is 1170. The van der Waals surface area contributed by atoms with Crippen LogP contribution in [0, 0.1) is 10.1 Å². The molecule has 0 saturated carbocycles. The van der Waals surface area contributed by atoms with E-state index in [4.69, 9.17) is 14.6 Å². The minimum absolute atomic E-state index is 0.0879. The predicted molar refractivity (Wildman–Crippen MR) is 108 cm³/mol. The number of nitro benzene ring substituents is 1. The third-order valence-electron chi connectivity index (χ3n) is 4.25. The fourth-order valence-corrected chi connectivity index (χ4v) is 2.84. The van der Waals surface area contributed by atoms with Crippen LogP contribution < -0.4 is 19.7 Å². The van der Waals surface area contributed by atoms with Gasteiger partial charge in [-0.05, 0) is 29.8 Å². The molecule has 12 nitrogen and oxygen atoms in total. The lowest BCUT2D eigenvalue weighted by atomic mass is 10.1. The van der Waals surface area contributed by atoms with Gasteiger partial charge in [0.15, 0.2) is 18.1 Å². The van der Waals surface area contributed by atoms with E-state index in [0.717, 1.165) is 6.07 Å². The third kappa shape index (κ3) is 4.53. The van der Waals surface area contributed by atoms with E-state index in [2.05, 4.69) is 0 Å². The van der Waals surface area contributed by atoms with Gasteiger partial charge in [-0.1, -0.05) is 12.1 Å². The van der Waals surface area contributed by atoms with E-state index in [1.807, 2.05) is 5.32 Å². The fourth-order valence-electron chi connectivity index (χ4n) is 2.84. The molecule has 4 amide bonds. The summed E-state index contributed by atoms with van der Waals surface area (Å²) in [4.78, 5) is 59.1. The molecule has 0 bridgehead atoms. The van der Waals surface area contributed by atoms with E-state index in [1.54, 1.807) is 0 Å². The van der Waals surface area contributed by atoms with Gasteiger partial charge in [0.05, 0.1) is 17.7 Å². The van der Waals surface area contributed by atoms with Crippen LogP contribution in [0.25, 0.3) is 6.08 Å². The van der Waals surface area contributed by atoms with E-state index in [9.17, 15) is 29.3 Å². The Morgan fingerprint density at radius 3 is 2.59 bits per heavy atom. The number of benzene rings is 2. The summed E-state index contributed by atoms with van der Waals surface area (Å²) in [6.07, 6.45) is 1.19. The third-order valence-corrected chi connectivity index (χ3v) is 4.25. The monoisotopic (exact) mass is 441 g/mol. The molecule has 2 aromatic rings. The minimum atomic E-state index is -1.19. The van der Waals surface area contributed by atoms with Crippen LogP contribution in [0.1, 0.15) is 5.56 Å². The first-order chi connectivity index (χ1) is 15.2. The molecule has 0 atom stereocenters. The molecule has 3 rings (SSSR count). The molecule has 1 aliphatic heterocycles. The van der Waals surface area contributed by atoms with Crippen molar-refractivity contribution in [1.29, 1.82) is 0 Å². The van der Waals surface area contributed by atoms with Crippen molar-refractivity contribution < 1.29 is 38.7 Å². The number of nitrogens with zero attached hydrogens (tertiary/aromatic N) is 2. The maximum absolute atomic E-state index is 12.9. The molecular weight excluding hydrogens is 426 g/mol. The van der Waals surface area contributed by atoms with Crippen molar-refractivity contribution in [2.45, 2.75) is 0 Å². The van der Waals surface area contributed by atoms with Crippen LogP contribution in [0.5, 0.6) is 11.5 Å². The second-order valence-electron chi connectivity index (χ2n) is 6.33. The van der Waals surface area contributed by atoms with Gasteiger partial charge in [0, 0.05) is 12.1 Å². The van der Waals surface area contributed by atoms with Crippen LogP contribution in [0.2, 0.25) is 0 Å². The van der Waals surface area contributed by atoms with Gasteiger partial charge in [0.1, 0.15) is 5.57 Å². The van der Waals surface area contributed by atoms with Crippen molar-refractivity contribution in [2.24, 2.45) is 0 Å². The Hall–Kier alpha value is -4.74. The summed E-state index contributed by atoms with van der Waals surface area (Å²) in [6.45, 7) is -0.599. The Labute approximate surface area is 179 Å². The highest BCUT2D eigenvalue weighted by Gasteiger charge is 2.37. The number of carboxylic acids is 1. The molecule has 1 saturated heterocycles. The van der Waals surface area contributed by atoms with Crippen LogP contribution in [-0.4, -0.2) is 47.6 Å². The number of anilines is 1. The zero-order chi connectivity index (χ0) is 23.4. The number of imide groups is 2. The molecule has 0 aromatic heterocycles. The van der Waals surface area contributed by atoms with E-state index in [1.165, 1.54) is 49.6 Å². The number of rotatable bonds is 7. The van der Waals surface area contributed by atoms with Gasteiger partial charge in [0.2, 0.25) is 0 Å². The first kappa shape index (κ1) is 22.0. The summed E-state index contributed by atoms with van der Waals surface area (Å²) < 4.78 is 10.2. The lowest BCUT2D eigenvalue weighted by molar-refractivity contribution is -0.384. The van der Waals surface area contributed by atoms with E-state index in [-0.39, 0.29) is 22.9 Å². The minimum Gasteiger partial charge on any atom is -0.493 e. The largest absolute Gasteiger partial charge is 0.493 e. The first-order valence-electron chi connectivity index (χ1n) is 8.90. The lowest BCUT2D eigenvalue weighted by Crippen LogP contribution is -2.54. The van der Waals surface area contributed by atoms with E-state index in [0.29, 0.717) is 10.5 Å². The number of non-ortho nitro benzene ring substituents is 1. The number of carbonyl (C=O) groups is 4. The molecule has 2 N–H and O–H groups in total. The highest BCUT2D eigenvalue weighted by Crippen LogP contribution is 2.30. The second-order valence-corrected chi connectivity index (χ2v) is 6.33. The number of methoxy groups -OCH3 is 1. The summed E-state index contributed by atoms with van der Waals surface area (Å²) in [5.41, 5.74) is -0.518. The van der Waals surface area contributed by atoms with Gasteiger partial charge in [-0.25, -0.2) is 14.5 Å². The molecule has 1 heterocycles. The second kappa shape index (κ2) is 8.95. The number of aliphatic carboxylic acids is 1. The van der Waals surface area contributed by atoms with Crippen molar-refractivity contribution >= 4 is 41.3 Å². The number of urea groups is 1. The quantitative estimate of drug-likeness (QED) is 0.282. The molecule has 1 fully saturated rings. The van der Waals surface area contributed by atoms with Crippen LogP contribution in [0.3, 0.4) is 0 Å². The fraction of sp³-hybridized carbons (Fsp3) is 0.100. The lowest BCUT2D eigenvalue weighted by Gasteiger charge is -2.26. The molecule has 2 aromatic carbocycles. The van der Waals surface area contributed by atoms with Crippen molar-refractivity contribution in [3.8, 4) is 11.5 Å². The number of hydrogen-bond acceptors (Lipinski definition) is 8. The van der Waals surface area contributed by atoms with Crippen molar-refractivity contribution in [1.82, 2.24) is 5.32 Å². The Balaban J connectivity index is 1.96. The number of carboxylic acid groups (broad SMARTS) is 1. The van der Waals surface area contributed by atoms with Gasteiger partial charge in [0.25, 0.3) is 17.5 Å². The van der Waals surface area contributed by atoms with Crippen LogP contribution in [0.4, 0.5) is 16.2 Å². The normalized spacial score (nSPS) is 14.8. The number of amides is 4. The predicted octanol–water partition coefficient (Wildman–Crippen LogP) is 1.73. The molecular formula is C20H15N3O9. The summed E-state index contributed by atoms with van der Waals surface area (Å²) >= 11 is 0. The van der Waals surface area contributed by atoms with Gasteiger partial charge < -0.3 is 14.6 Å². The average molecular weight is 441 g/mol. The topological polar surface area (TPSA) is 165 Å². The zero-order valence-corrected chi connectivity index (χ0v) is 16.4. The number of barbiturate groups is 1. The number of nitro groups is 1. The Morgan fingerprint density at radius 2 is 1.94 bits per heavy atom. The molecule has 1 aliphatic rings. The van der Waals surface area contributed by atoms with Crippen molar-refractivity contribution in [2.75, 3.05) is 18.6 Å². The molecule has 164 valence electrons. The number of nitrogens with one attached hydrogen (secondary N) is 1. The Morgan fingerprint density at radius 1 is 1.19 bits per heavy atom. The highest BCUT2D eigenvalue weighted by molar-refractivity contribution is 6.39. The first-order valence-corrected chi connectivity index (χ1v) is 8.90. The van der Waals surface area contributed by atoms with E-state index >= 15 is 0 Å². The summed E-state index contributed by atoms with van der Waals surface area (Å²) in [6, 6.07) is 8.03. The van der Waals surface area contributed by atoms with Crippen LogP contribution in [-0.2, 0) is 14.4 Å². The molecule has 0 unspecified atom stereocenters. The smallest absolute Gasteiger partial charge is 0.341 e. The SMILES string of the molecule is COc1cc(C=C2C(=O)NC(=O)N(c3cccc([N+](=O)[O-])c3)C2=O)ccc1OCC(=O)O. The van der Waals surface area contributed by atoms with Crippen molar-refractivity contribution in [3.63, 3.8) is 0 Å². The summed E-state index contributed by atoms with van der Waals surface area (Å²) in [5.74, 6) is -2.84. The molecule has 12 heteroatoms. The van der Waals surface area contributed by atoms with Crippen LogP contribution in [0.15, 0.2) is 48.0 Å². The van der Waals surface area contributed by atoms with Gasteiger partial charge in [-0.3, -0.25) is 25.0 Å². The zero-order valence-electron chi connectivity index (χ0n) is 16.4. The number of ether oxygens (including phenoxy) is 2. The highest BCUT2D eigenvalue weighted by atomic mass is 16.6. The number of carbonyl (C=O) groups excluding carboxylic acids is 3. The molecule has 0 radical (unpaired) electrons. The van der Waals surface area contributed by atoms with Crippen molar-refractivity contribution in [3.05, 3.63) is 63.7 Å². The number of hydrogen-bond donors (Lipinski definition) is 2. The van der Waals surface area contributed by atoms with Crippen LogP contribution >= 0.6 is 0 Å². The maximum atomic E-state index is 12.9. The Kier molecular flexibility index (Phi) is 6.14. The average Bonchev–Trinajstić information content (AvgIpc) is 2.75. The van der Waals surface area contributed by atoms with Gasteiger partial charge in [-0.15, -0.1) is 0 Å².